The zero-order valence-electron chi connectivity index (χ0n) is 31.1. The Morgan fingerprint density at radius 1 is 1.00 bits per heavy atom. The van der Waals surface area contributed by atoms with Crippen molar-refractivity contribution in [3.63, 3.8) is 0 Å². The number of carbonyl (C=O) groups excluding carboxylic acids is 2. The molecule has 8 rings (SSSR count). The summed E-state index contributed by atoms with van der Waals surface area (Å²) in [7, 11) is 1.73. The predicted octanol–water partition coefficient (Wildman–Crippen LogP) is 7.40. The molecular formula is C41H55N5O5. The van der Waals surface area contributed by atoms with Crippen LogP contribution in [0.1, 0.15) is 103 Å². The lowest BCUT2D eigenvalue weighted by atomic mass is 9.51. The number of aliphatic hydroxyl groups is 1. The number of hydrogen-bond donors (Lipinski definition) is 1. The topological polar surface area (TPSA) is 110 Å². The molecule has 1 aromatic carbocycles. The Labute approximate surface area is 302 Å². The number of β-amino-alcohol motifs (C(OH)–C–C–N with tert-alkyl or cyclic N) is 1. The normalized spacial score (nSPS) is 26.4. The molecule has 2 aromatic heterocycles. The van der Waals surface area contributed by atoms with E-state index in [4.69, 9.17) is 19.6 Å². The number of nitrogens with zero attached hydrogens (tertiary/aromatic N) is 5. The molecule has 10 nitrogen and oxygen atoms in total. The van der Waals surface area contributed by atoms with Crippen LogP contribution in [-0.2, 0) is 20.5 Å². The third-order valence-electron chi connectivity index (χ3n) is 13.0. The molecule has 10 heteroatoms. The molecule has 4 aliphatic carbocycles. The summed E-state index contributed by atoms with van der Waals surface area (Å²) in [5, 5.41) is 14.3. The van der Waals surface area contributed by atoms with Crippen molar-refractivity contribution in [2.75, 3.05) is 31.6 Å². The number of anilines is 1. The van der Waals surface area contributed by atoms with Crippen LogP contribution in [-0.4, -0.2) is 75.7 Å². The smallest absolute Gasteiger partial charge is 0.410 e. The first-order valence-corrected chi connectivity index (χ1v) is 19.0. The number of likely N-dealkylation sites (tertiary alicyclic amines) is 1. The van der Waals surface area contributed by atoms with Gasteiger partial charge in [0.05, 0.1) is 38.0 Å². The van der Waals surface area contributed by atoms with E-state index in [9.17, 15) is 14.7 Å². The zero-order chi connectivity index (χ0) is 36.0. The van der Waals surface area contributed by atoms with E-state index in [1.54, 1.807) is 7.11 Å². The van der Waals surface area contributed by atoms with Gasteiger partial charge < -0.3 is 19.5 Å². The summed E-state index contributed by atoms with van der Waals surface area (Å²) < 4.78 is 13.4. The molecule has 0 unspecified atom stereocenters. The van der Waals surface area contributed by atoms with Crippen LogP contribution in [0.4, 0.5) is 10.6 Å². The predicted molar refractivity (Wildman–Crippen MR) is 197 cm³/mol. The van der Waals surface area contributed by atoms with Crippen LogP contribution < -0.4 is 9.64 Å². The maximum Gasteiger partial charge on any atom is 0.410 e. The zero-order valence-corrected chi connectivity index (χ0v) is 31.1. The molecule has 2 bridgehead atoms. The van der Waals surface area contributed by atoms with Crippen molar-refractivity contribution in [3.05, 3.63) is 60.0 Å². The quantitative estimate of drug-likeness (QED) is 0.235. The van der Waals surface area contributed by atoms with Gasteiger partial charge in [-0.05, 0) is 137 Å². The van der Waals surface area contributed by atoms with E-state index in [-0.39, 0.29) is 40.4 Å². The van der Waals surface area contributed by atoms with Gasteiger partial charge in [-0.3, -0.25) is 14.4 Å². The van der Waals surface area contributed by atoms with E-state index in [1.165, 1.54) is 16.0 Å². The molecule has 0 spiro atoms. The average molecular weight is 698 g/mol. The molecule has 3 heterocycles. The summed E-state index contributed by atoms with van der Waals surface area (Å²) in [6, 6.07) is 10.8. The van der Waals surface area contributed by atoms with Gasteiger partial charge in [-0.2, -0.15) is 5.10 Å². The number of carbonyl (C=O) groups is 2. The molecule has 1 aliphatic heterocycles. The third-order valence-corrected chi connectivity index (χ3v) is 13.0. The Morgan fingerprint density at radius 2 is 1.71 bits per heavy atom. The van der Waals surface area contributed by atoms with Crippen LogP contribution >= 0.6 is 0 Å². The van der Waals surface area contributed by atoms with E-state index in [2.05, 4.69) is 58.2 Å². The maximum atomic E-state index is 14.7. The highest BCUT2D eigenvalue weighted by molar-refractivity contribution is 5.95. The first-order chi connectivity index (χ1) is 24.4. The summed E-state index contributed by atoms with van der Waals surface area (Å²) in [6.45, 7) is 9.98. The van der Waals surface area contributed by atoms with Gasteiger partial charge in [-0.15, -0.1) is 0 Å². The Hall–Kier alpha value is -3.92. The van der Waals surface area contributed by atoms with E-state index in [1.807, 2.05) is 28.0 Å². The number of aryl methyl sites for hydroxylation is 1. The SMILES string of the molecule is CCC(C)(C)n1cc(-c2ccnc(N(CC34CCC(c5ccc(OC)c(C)c5)(CC3)CC4)C(=O)C3CCC(OC(=O)N4CC(O)C4)CC3)c2)cn1. The van der Waals surface area contributed by atoms with Crippen LogP contribution in [0.3, 0.4) is 0 Å². The molecule has 1 saturated heterocycles. The second-order valence-electron chi connectivity index (χ2n) is 16.5. The number of aromatic nitrogens is 3. The summed E-state index contributed by atoms with van der Waals surface area (Å²) in [6.07, 6.45) is 15.0. The van der Waals surface area contributed by atoms with Gasteiger partial charge in [0.15, 0.2) is 0 Å². The number of ether oxygens (including phenoxy) is 2. The summed E-state index contributed by atoms with van der Waals surface area (Å²) >= 11 is 0. The number of methoxy groups -OCH3 is 1. The second-order valence-corrected chi connectivity index (χ2v) is 16.5. The van der Waals surface area contributed by atoms with Crippen molar-refractivity contribution in [3.8, 4) is 16.9 Å². The van der Waals surface area contributed by atoms with E-state index < -0.39 is 6.10 Å². The number of rotatable bonds is 10. The fraction of sp³-hybridized carbons (Fsp3) is 0.610. The third kappa shape index (κ3) is 7.00. The molecule has 5 aliphatic rings. The molecule has 1 N–H and O–H groups in total. The van der Waals surface area contributed by atoms with Crippen molar-refractivity contribution >= 4 is 17.8 Å². The van der Waals surface area contributed by atoms with Gasteiger partial charge in [0, 0.05) is 30.4 Å². The van der Waals surface area contributed by atoms with Crippen molar-refractivity contribution in [1.82, 2.24) is 19.7 Å². The van der Waals surface area contributed by atoms with Gasteiger partial charge in [-0.1, -0.05) is 19.1 Å². The molecule has 5 fully saturated rings. The monoisotopic (exact) mass is 697 g/mol. The fourth-order valence-corrected chi connectivity index (χ4v) is 8.93. The lowest BCUT2D eigenvalue weighted by molar-refractivity contribution is -0.124. The van der Waals surface area contributed by atoms with Crippen LogP contribution in [0.15, 0.2) is 48.9 Å². The molecule has 2 amide bonds. The van der Waals surface area contributed by atoms with Crippen molar-refractivity contribution in [2.45, 2.75) is 121 Å². The van der Waals surface area contributed by atoms with Gasteiger partial charge in [0.25, 0.3) is 0 Å². The number of fused-ring (bicyclic) bond motifs is 3. The van der Waals surface area contributed by atoms with Crippen LogP contribution in [0.5, 0.6) is 5.75 Å². The Kier molecular flexibility index (Phi) is 9.67. The molecular weight excluding hydrogens is 642 g/mol. The maximum absolute atomic E-state index is 14.7. The van der Waals surface area contributed by atoms with Crippen LogP contribution in [0, 0.1) is 18.3 Å². The largest absolute Gasteiger partial charge is 0.496 e. The standard InChI is InChI=1S/C41H55N5O5/c1-6-39(3,4)46-24-31(23-43-46)30-13-20-42-36(22-30)45(37(48)29-7-10-34(11-8-29)51-38(49)44-25-33(47)26-44)27-40-14-17-41(18-15-40,19-16-40)32-9-12-35(50-5)28(2)21-32/h9,12-13,20-24,29,33-34,47H,6-8,10-11,14-19,25-27H2,1-5H3. The second kappa shape index (κ2) is 13.9. The first-order valence-electron chi connectivity index (χ1n) is 19.0. The highest BCUT2D eigenvalue weighted by atomic mass is 16.6. The number of amides is 2. The van der Waals surface area contributed by atoms with Crippen LogP contribution in [0.2, 0.25) is 0 Å². The van der Waals surface area contributed by atoms with E-state index in [0.29, 0.717) is 51.1 Å². The number of hydrogen-bond acceptors (Lipinski definition) is 7. The molecule has 51 heavy (non-hydrogen) atoms. The van der Waals surface area contributed by atoms with Crippen molar-refractivity contribution < 1.29 is 24.2 Å². The lowest BCUT2D eigenvalue weighted by Gasteiger charge is -2.55. The lowest BCUT2D eigenvalue weighted by Crippen LogP contribution is -2.54. The van der Waals surface area contributed by atoms with E-state index in [0.717, 1.165) is 61.8 Å². The van der Waals surface area contributed by atoms with Crippen molar-refractivity contribution in [1.29, 1.82) is 0 Å². The highest BCUT2D eigenvalue weighted by Gasteiger charge is 2.51. The van der Waals surface area contributed by atoms with Gasteiger partial charge in [0.2, 0.25) is 5.91 Å². The van der Waals surface area contributed by atoms with Crippen molar-refractivity contribution in [2.24, 2.45) is 11.3 Å². The highest BCUT2D eigenvalue weighted by Crippen LogP contribution is 2.58. The van der Waals surface area contributed by atoms with Crippen LogP contribution in [0.25, 0.3) is 11.1 Å². The molecule has 0 radical (unpaired) electrons. The number of benzene rings is 1. The Morgan fingerprint density at radius 3 is 2.33 bits per heavy atom. The van der Waals surface area contributed by atoms with Gasteiger partial charge in [0.1, 0.15) is 17.7 Å². The summed E-state index contributed by atoms with van der Waals surface area (Å²) in [5.74, 6) is 1.60. The minimum absolute atomic E-state index is 0.0428. The average Bonchev–Trinajstić information content (AvgIpc) is 3.65. The van der Waals surface area contributed by atoms with Gasteiger partial charge >= 0.3 is 6.09 Å². The Bertz CT molecular complexity index is 1710. The molecule has 4 saturated carbocycles. The Balaban J connectivity index is 1.11. The van der Waals surface area contributed by atoms with Gasteiger partial charge in [-0.25, -0.2) is 9.78 Å². The van der Waals surface area contributed by atoms with E-state index >= 15 is 0 Å². The minimum Gasteiger partial charge on any atom is -0.496 e. The number of aliphatic hydroxyl groups excluding tert-OH is 1. The summed E-state index contributed by atoms with van der Waals surface area (Å²) in [4.78, 5) is 35.6. The minimum atomic E-state index is -0.459. The summed E-state index contributed by atoms with van der Waals surface area (Å²) in [5.41, 5.74) is 4.75. The fourth-order valence-electron chi connectivity index (χ4n) is 8.93. The molecule has 274 valence electrons. The molecule has 0 atom stereocenters. The molecule has 3 aromatic rings. The first kappa shape index (κ1) is 35.5. The number of pyridine rings is 1.